The van der Waals surface area contributed by atoms with Crippen molar-refractivity contribution in [1.29, 1.82) is 0 Å². The van der Waals surface area contributed by atoms with E-state index in [0.29, 0.717) is 17.9 Å². The molecule has 0 spiro atoms. The van der Waals surface area contributed by atoms with Crippen LogP contribution in [0.25, 0.3) is 11.1 Å². The molecule has 1 heterocycles. The Kier molecular flexibility index (Phi) is 5.26. The molecule has 0 fully saturated rings. The molecule has 0 saturated carbocycles. The molecule has 0 aliphatic rings. The van der Waals surface area contributed by atoms with E-state index in [1.165, 1.54) is 5.56 Å². The number of aromatic hydroxyl groups is 1. The number of hydrogen-bond acceptors (Lipinski definition) is 3. The Morgan fingerprint density at radius 3 is 2.33 bits per heavy atom. The summed E-state index contributed by atoms with van der Waals surface area (Å²) in [5.74, 6) is 0.145. The Hall–Kier alpha value is -3.14. The van der Waals surface area contributed by atoms with Crippen molar-refractivity contribution in [3.8, 4) is 16.9 Å². The van der Waals surface area contributed by atoms with Gasteiger partial charge in [0.15, 0.2) is 0 Å². The molecule has 2 aromatic carbocycles. The van der Waals surface area contributed by atoms with Gasteiger partial charge in [-0.15, -0.1) is 0 Å². The Morgan fingerprint density at radius 1 is 0.926 bits per heavy atom. The molecule has 0 aliphatic heterocycles. The van der Waals surface area contributed by atoms with Crippen molar-refractivity contribution in [1.82, 2.24) is 10.3 Å². The van der Waals surface area contributed by atoms with Crippen LogP contribution in [0.2, 0.25) is 0 Å². The Labute approximate surface area is 159 Å². The molecule has 2 N–H and O–H groups in total. The second kappa shape index (κ2) is 7.62. The smallest absolute Gasteiger partial charge is 0.253 e. The van der Waals surface area contributed by atoms with E-state index in [1.807, 2.05) is 45.9 Å². The van der Waals surface area contributed by atoms with E-state index in [-0.39, 0.29) is 5.91 Å². The van der Waals surface area contributed by atoms with Gasteiger partial charge in [0, 0.05) is 24.5 Å². The maximum Gasteiger partial charge on any atom is 0.253 e. The standard InChI is InChI=1S/C23H24N2O2/c1-14-5-6-15(2)19(7-14)13-25-23(27)21-10-20(11-24-12-21)18-8-16(3)22(26)17(4)9-18/h5-12,26H,13H2,1-4H3,(H,25,27). The highest BCUT2D eigenvalue weighted by Crippen LogP contribution is 2.29. The molecule has 0 bridgehead atoms. The van der Waals surface area contributed by atoms with Crippen molar-refractivity contribution in [3.05, 3.63) is 82.2 Å². The quantitative estimate of drug-likeness (QED) is 0.714. The molecule has 4 nitrogen and oxygen atoms in total. The van der Waals surface area contributed by atoms with Crippen LogP contribution in [0.4, 0.5) is 0 Å². The molecule has 138 valence electrons. The number of phenolic OH excluding ortho intramolecular Hbond substituents is 1. The molecule has 0 atom stereocenters. The highest BCUT2D eigenvalue weighted by atomic mass is 16.3. The van der Waals surface area contributed by atoms with Gasteiger partial charge in [-0.05, 0) is 73.7 Å². The molecular formula is C23H24N2O2. The van der Waals surface area contributed by atoms with E-state index >= 15 is 0 Å². The highest BCUT2D eigenvalue weighted by molar-refractivity contribution is 5.95. The lowest BCUT2D eigenvalue weighted by Gasteiger charge is -2.11. The molecule has 4 heteroatoms. The number of carbonyl (C=O) groups is 1. The topological polar surface area (TPSA) is 62.2 Å². The summed E-state index contributed by atoms with van der Waals surface area (Å²) in [5, 5.41) is 12.9. The molecule has 1 amide bonds. The van der Waals surface area contributed by atoms with Gasteiger partial charge in [-0.25, -0.2) is 0 Å². The molecule has 1 aromatic heterocycles. The summed E-state index contributed by atoms with van der Waals surface area (Å²) in [5.41, 5.74) is 7.33. The fraction of sp³-hybridized carbons (Fsp3) is 0.217. The van der Waals surface area contributed by atoms with E-state index in [2.05, 4.69) is 28.5 Å². The normalized spacial score (nSPS) is 10.7. The van der Waals surface area contributed by atoms with Gasteiger partial charge in [-0.1, -0.05) is 23.8 Å². The predicted molar refractivity (Wildman–Crippen MR) is 108 cm³/mol. The Balaban J connectivity index is 1.81. The van der Waals surface area contributed by atoms with Gasteiger partial charge >= 0.3 is 0 Å². The lowest BCUT2D eigenvalue weighted by atomic mass is 10.00. The van der Waals surface area contributed by atoms with Crippen molar-refractivity contribution in [3.63, 3.8) is 0 Å². The number of nitrogens with zero attached hydrogens (tertiary/aromatic N) is 1. The fourth-order valence-corrected chi connectivity index (χ4v) is 3.11. The predicted octanol–water partition coefficient (Wildman–Crippen LogP) is 4.62. The number of hydrogen-bond donors (Lipinski definition) is 2. The minimum Gasteiger partial charge on any atom is -0.507 e. The maximum absolute atomic E-state index is 12.6. The number of aryl methyl sites for hydroxylation is 4. The third-order valence-corrected chi connectivity index (χ3v) is 4.77. The Morgan fingerprint density at radius 2 is 1.63 bits per heavy atom. The third-order valence-electron chi connectivity index (χ3n) is 4.77. The van der Waals surface area contributed by atoms with E-state index in [9.17, 15) is 9.90 Å². The number of amides is 1. The monoisotopic (exact) mass is 360 g/mol. The van der Waals surface area contributed by atoms with Gasteiger partial charge in [0.05, 0.1) is 5.56 Å². The summed E-state index contributed by atoms with van der Waals surface area (Å²) < 4.78 is 0. The molecule has 27 heavy (non-hydrogen) atoms. The average molecular weight is 360 g/mol. The number of benzene rings is 2. The van der Waals surface area contributed by atoms with Crippen molar-refractivity contribution < 1.29 is 9.90 Å². The summed E-state index contributed by atoms with van der Waals surface area (Å²) in [6.45, 7) is 8.28. The zero-order valence-electron chi connectivity index (χ0n) is 16.1. The average Bonchev–Trinajstić information content (AvgIpc) is 2.66. The first kappa shape index (κ1) is 18.6. The molecule has 3 aromatic rings. The van der Waals surface area contributed by atoms with Gasteiger partial charge in [0.1, 0.15) is 5.75 Å². The molecule has 0 aliphatic carbocycles. The first-order valence-corrected chi connectivity index (χ1v) is 8.95. The summed E-state index contributed by atoms with van der Waals surface area (Å²) in [4.78, 5) is 16.8. The molecule has 0 saturated heterocycles. The van der Waals surface area contributed by atoms with Crippen LogP contribution in [0.15, 0.2) is 48.8 Å². The highest BCUT2D eigenvalue weighted by Gasteiger charge is 2.11. The van der Waals surface area contributed by atoms with E-state index in [4.69, 9.17) is 0 Å². The molecular weight excluding hydrogens is 336 g/mol. The summed E-state index contributed by atoms with van der Waals surface area (Å²) in [6.07, 6.45) is 3.30. The van der Waals surface area contributed by atoms with Crippen LogP contribution in [0, 0.1) is 27.7 Å². The first-order valence-electron chi connectivity index (χ1n) is 8.95. The summed E-state index contributed by atoms with van der Waals surface area (Å²) in [6, 6.07) is 11.8. The van der Waals surface area contributed by atoms with E-state index < -0.39 is 0 Å². The Bertz CT molecular complexity index is 986. The first-order chi connectivity index (χ1) is 12.8. The number of nitrogens with one attached hydrogen (secondary N) is 1. The molecule has 0 unspecified atom stereocenters. The van der Waals surface area contributed by atoms with Crippen LogP contribution in [0.1, 0.15) is 38.2 Å². The molecule has 0 radical (unpaired) electrons. The van der Waals surface area contributed by atoms with Crippen LogP contribution in [0.5, 0.6) is 5.75 Å². The van der Waals surface area contributed by atoms with Crippen LogP contribution < -0.4 is 5.32 Å². The number of aromatic nitrogens is 1. The van der Waals surface area contributed by atoms with Crippen LogP contribution >= 0.6 is 0 Å². The third kappa shape index (κ3) is 4.17. The maximum atomic E-state index is 12.6. The molecule has 3 rings (SSSR count). The van der Waals surface area contributed by atoms with Crippen molar-refractivity contribution in [2.24, 2.45) is 0 Å². The van der Waals surface area contributed by atoms with Crippen LogP contribution in [-0.2, 0) is 6.54 Å². The number of carbonyl (C=O) groups excluding carboxylic acids is 1. The zero-order valence-corrected chi connectivity index (χ0v) is 16.1. The minimum absolute atomic E-state index is 0.155. The minimum atomic E-state index is -0.155. The van der Waals surface area contributed by atoms with Gasteiger partial charge in [-0.3, -0.25) is 9.78 Å². The van der Waals surface area contributed by atoms with Crippen LogP contribution in [0.3, 0.4) is 0 Å². The van der Waals surface area contributed by atoms with Crippen LogP contribution in [-0.4, -0.2) is 16.0 Å². The SMILES string of the molecule is Cc1ccc(C)c(CNC(=O)c2cncc(-c3cc(C)c(O)c(C)c3)c2)c1. The summed E-state index contributed by atoms with van der Waals surface area (Å²) >= 11 is 0. The second-order valence-corrected chi connectivity index (χ2v) is 7.03. The summed E-state index contributed by atoms with van der Waals surface area (Å²) in [7, 11) is 0. The lowest BCUT2D eigenvalue weighted by molar-refractivity contribution is 0.0950. The lowest BCUT2D eigenvalue weighted by Crippen LogP contribution is -2.23. The number of rotatable bonds is 4. The van der Waals surface area contributed by atoms with Crippen molar-refractivity contribution in [2.75, 3.05) is 0 Å². The van der Waals surface area contributed by atoms with Gasteiger partial charge in [0.25, 0.3) is 5.91 Å². The second-order valence-electron chi connectivity index (χ2n) is 7.03. The van der Waals surface area contributed by atoms with E-state index in [0.717, 1.165) is 33.4 Å². The largest absolute Gasteiger partial charge is 0.507 e. The van der Waals surface area contributed by atoms with Crippen molar-refractivity contribution in [2.45, 2.75) is 34.2 Å². The van der Waals surface area contributed by atoms with Gasteiger partial charge in [0.2, 0.25) is 0 Å². The van der Waals surface area contributed by atoms with Gasteiger partial charge in [-0.2, -0.15) is 0 Å². The number of phenols is 1. The zero-order chi connectivity index (χ0) is 19.6. The number of pyridine rings is 1. The van der Waals surface area contributed by atoms with Gasteiger partial charge < -0.3 is 10.4 Å². The van der Waals surface area contributed by atoms with E-state index in [1.54, 1.807) is 12.4 Å². The fourth-order valence-electron chi connectivity index (χ4n) is 3.11. The van der Waals surface area contributed by atoms with Crippen molar-refractivity contribution >= 4 is 5.91 Å².